The summed E-state index contributed by atoms with van der Waals surface area (Å²) in [5.41, 5.74) is 1.45. The second kappa shape index (κ2) is 6.44. The Morgan fingerprint density at radius 2 is 1.67 bits per heavy atom. The molecule has 0 fully saturated rings. The highest BCUT2D eigenvalue weighted by molar-refractivity contribution is 5.90. The molecule has 0 aliphatic heterocycles. The summed E-state index contributed by atoms with van der Waals surface area (Å²) in [6.07, 6.45) is 6.42. The van der Waals surface area contributed by atoms with Gasteiger partial charge in [0.15, 0.2) is 0 Å². The van der Waals surface area contributed by atoms with Crippen LogP contribution in [-0.4, -0.2) is 7.11 Å². The molecular weight excluding hydrogens is 220 g/mol. The van der Waals surface area contributed by atoms with Crippen LogP contribution in [0.5, 0.6) is 5.75 Å². The smallest absolute Gasteiger partial charge is 0.126 e. The molecule has 1 heteroatoms. The minimum atomic E-state index is 0.975. The molecule has 2 rings (SSSR count). The third kappa shape index (κ3) is 2.84. The summed E-state index contributed by atoms with van der Waals surface area (Å²) in [4.78, 5) is 0. The van der Waals surface area contributed by atoms with Crippen molar-refractivity contribution >= 4 is 10.8 Å². The van der Waals surface area contributed by atoms with Crippen molar-refractivity contribution in [1.82, 2.24) is 0 Å². The first-order valence-corrected chi connectivity index (χ1v) is 6.91. The Labute approximate surface area is 110 Å². The second-order valence-corrected chi connectivity index (χ2v) is 4.78. The molecule has 0 aliphatic carbocycles. The normalized spacial score (nSPS) is 10.8. The highest BCUT2D eigenvalue weighted by Crippen LogP contribution is 2.28. The largest absolute Gasteiger partial charge is 0.496 e. The highest BCUT2D eigenvalue weighted by atomic mass is 16.5. The third-order valence-corrected chi connectivity index (χ3v) is 3.49. The number of hydrogen-bond donors (Lipinski definition) is 0. The van der Waals surface area contributed by atoms with Crippen LogP contribution in [-0.2, 0) is 6.42 Å². The number of methoxy groups -OCH3 is 1. The SMILES string of the molecule is CCCCCCc1cccc2c(OC)cccc12. The van der Waals surface area contributed by atoms with Crippen LogP contribution in [0.4, 0.5) is 0 Å². The van der Waals surface area contributed by atoms with Crippen molar-refractivity contribution in [2.75, 3.05) is 7.11 Å². The summed E-state index contributed by atoms with van der Waals surface area (Å²) in [7, 11) is 1.74. The molecule has 0 heterocycles. The maximum atomic E-state index is 5.43. The van der Waals surface area contributed by atoms with E-state index >= 15 is 0 Å². The number of hydrogen-bond acceptors (Lipinski definition) is 1. The van der Waals surface area contributed by atoms with E-state index < -0.39 is 0 Å². The van der Waals surface area contributed by atoms with E-state index in [-0.39, 0.29) is 0 Å². The minimum Gasteiger partial charge on any atom is -0.496 e. The Morgan fingerprint density at radius 3 is 2.44 bits per heavy atom. The predicted octanol–water partition coefficient (Wildman–Crippen LogP) is 4.97. The number of aryl methyl sites for hydroxylation is 1. The topological polar surface area (TPSA) is 9.23 Å². The van der Waals surface area contributed by atoms with Crippen molar-refractivity contribution in [3.8, 4) is 5.75 Å². The van der Waals surface area contributed by atoms with Gasteiger partial charge in [0.05, 0.1) is 7.11 Å². The first kappa shape index (κ1) is 12.9. The van der Waals surface area contributed by atoms with Crippen molar-refractivity contribution in [1.29, 1.82) is 0 Å². The van der Waals surface area contributed by atoms with Crippen LogP contribution in [0.1, 0.15) is 38.2 Å². The third-order valence-electron chi connectivity index (χ3n) is 3.49. The Kier molecular flexibility index (Phi) is 4.63. The minimum absolute atomic E-state index is 0.975. The summed E-state index contributed by atoms with van der Waals surface area (Å²) >= 11 is 0. The maximum Gasteiger partial charge on any atom is 0.126 e. The zero-order chi connectivity index (χ0) is 12.8. The van der Waals surface area contributed by atoms with Crippen molar-refractivity contribution < 1.29 is 4.74 Å². The summed E-state index contributed by atoms with van der Waals surface area (Å²) in [5, 5.41) is 2.57. The molecule has 2 aromatic carbocycles. The van der Waals surface area contributed by atoms with E-state index in [0.29, 0.717) is 0 Å². The number of ether oxygens (including phenoxy) is 1. The van der Waals surface area contributed by atoms with Crippen LogP contribution in [0.2, 0.25) is 0 Å². The molecule has 0 radical (unpaired) electrons. The molecule has 18 heavy (non-hydrogen) atoms. The number of unbranched alkanes of at least 4 members (excludes halogenated alkanes) is 3. The monoisotopic (exact) mass is 242 g/mol. The fourth-order valence-corrected chi connectivity index (χ4v) is 2.48. The molecule has 0 atom stereocenters. The van der Waals surface area contributed by atoms with Gasteiger partial charge in [0, 0.05) is 5.39 Å². The van der Waals surface area contributed by atoms with E-state index in [9.17, 15) is 0 Å². The molecule has 1 nitrogen and oxygen atoms in total. The molecule has 2 aromatic rings. The molecule has 0 saturated carbocycles. The van der Waals surface area contributed by atoms with Gasteiger partial charge in [-0.25, -0.2) is 0 Å². The molecular formula is C17H22O. The number of rotatable bonds is 6. The van der Waals surface area contributed by atoms with E-state index in [4.69, 9.17) is 4.74 Å². The number of fused-ring (bicyclic) bond motifs is 1. The lowest BCUT2D eigenvalue weighted by Gasteiger charge is -2.09. The lowest BCUT2D eigenvalue weighted by Crippen LogP contribution is -1.90. The predicted molar refractivity (Wildman–Crippen MR) is 78.3 cm³/mol. The molecule has 96 valence electrons. The first-order valence-electron chi connectivity index (χ1n) is 6.91. The van der Waals surface area contributed by atoms with Gasteiger partial charge in [0.2, 0.25) is 0 Å². The Bertz CT molecular complexity index is 502. The summed E-state index contributed by atoms with van der Waals surface area (Å²) in [6.45, 7) is 2.25. The Balaban J connectivity index is 2.23. The van der Waals surface area contributed by atoms with Crippen LogP contribution >= 0.6 is 0 Å². The molecule has 0 N–H and O–H groups in total. The van der Waals surface area contributed by atoms with Gasteiger partial charge < -0.3 is 4.74 Å². The van der Waals surface area contributed by atoms with Crippen molar-refractivity contribution in [2.24, 2.45) is 0 Å². The fraction of sp³-hybridized carbons (Fsp3) is 0.412. The van der Waals surface area contributed by atoms with Gasteiger partial charge in [-0.15, -0.1) is 0 Å². The average molecular weight is 242 g/mol. The van der Waals surface area contributed by atoms with Crippen molar-refractivity contribution in [3.63, 3.8) is 0 Å². The molecule has 0 spiro atoms. The molecule has 0 bridgehead atoms. The molecule has 0 aliphatic rings. The second-order valence-electron chi connectivity index (χ2n) is 4.78. The van der Waals surface area contributed by atoms with Crippen molar-refractivity contribution in [2.45, 2.75) is 39.0 Å². The highest BCUT2D eigenvalue weighted by Gasteiger charge is 2.04. The van der Waals surface area contributed by atoms with Gasteiger partial charge >= 0.3 is 0 Å². The Morgan fingerprint density at radius 1 is 0.889 bits per heavy atom. The first-order chi connectivity index (χ1) is 8.86. The fourth-order valence-electron chi connectivity index (χ4n) is 2.48. The van der Waals surface area contributed by atoms with Gasteiger partial charge in [-0.1, -0.05) is 56.5 Å². The van der Waals surface area contributed by atoms with E-state index in [0.717, 1.165) is 5.75 Å². The van der Waals surface area contributed by atoms with Crippen molar-refractivity contribution in [3.05, 3.63) is 42.0 Å². The summed E-state index contributed by atoms with van der Waals surface area (Å²) in [5.74, 6) is 0.975. The zero-order valence-electron chi connectivity index (χ0n) is 11.4. The van der Waals surface area contributed by atoms with E-state index in [2.05, 4.69) is 37.3 Å². The van der Waals surface area contributed by atoms with E-state index in [1.54, 1.807) is 7.11 Å². The number of benzene rings is 2. The molecule has 0 amide bonds. The van der Waals surface area contributed by atoms with Crippen LogP contribution in [0.3, 0.4) is 0 Å². The van der Waals surface area contributed by atoms with E-state index in [1.807, 2.05) is 6.07 Å². The van der Waals surface area contributed by atoms with Gasteiger partial charge in [-0.2, -0.15) is 0 Å². The van der Waals surface area contributed by atoms with Gasteiger partial charge in [0.25, 0.3) is 0 Å². The molecule has 0 unspecified atom stereocenters. The van der Waals surface area contributed by atoms with Gasteiger partial charge in [0.1, 0.15) is 5.75 Å². The van der Waals surface area contributed by atoms with Crippen LogP contribution in [0, 0.1) is 0 Å². The Hall–Kier alpha value is -1.50. The zero-order valence-corrected chi connectivity index (χ0v) is 11.4. The summed E-state index contributed by atoms with van der Waals surface area (Å²) in [6, 6.07) is 12.8. The van der Waals surface area contributed by atoms with Crippen LogP contribution in [0.25, 0.3) is 10.8 Å². The maximum absolute atomic E-state index is 5.43. The lowest BCUT2D eigenvalue weighted by atomic mass is 9.99. The van der Waals surface area contributed by atoms with E-state index in [1.165, 1.54) is 48.4 Å². The van der Waals surface area contributed by atoms with Crippen LogP contribution < -0.4 is 4.74 Å². The standard InChI is InChI=1S/C17H22O/c1-3-4-5-6-9-14-10-7-12-16-15(14)11-8-13-17(16)18-2/h7-8,10-13H,3-6,9H2,1-2H3. The quantitative estimate of drug-likeness (QED) is 0.650. The van der Waals surface area contributed by atoms with Gasteiger partial charge in [-0.3, -0.25) is 0 Å². The van der Waals surface area contributed by atoms with Crippen LogP contribution in [0.15, 0.2) is 36.4 Å². The molecule has 0 aromatic heterocycles. The van der Waals surface area contributed by atoms with Gasteiger partial charge in [-0.05, 0) is 29.9 Å². The molecule has 0 saturated heterocycles. The lowest BCUT2D eigenvalue weighted by molar-refractivity contribution is 0.420. The summed E-state index contributed by atoms with van der Waals surface area (Å²) < 4.78 is 5.43. The average Bonchev–Trinajstić information content (AvgIpc) is 2.43.